The van der Waals surface area contributed by atoms with Gasteiger partial charge in [-0.25, -0.2) is 0 Å². The van der Waals surface area contributed by atoms with E-state index in [9.17, 15) is 9.59 Å². The van der Waals surface area contributed by atoms with Gasteiger partial charge in [0.25, 0.3) is 0 Å². The van der Waals surface area contributed by atoms with E-state index in [2.05, 4.69) is 10.5 Å². The highest BCUT2D eigenvalue weighted by Crippen LogP contribution is 2.40. The molecule has 1 saturated heterocycles. The fourth-order valence-corrected chi connectivity index (χ4v) is 3.77. The second kappa shape index (κ2) is 7.80. The summed E-state index contributed by atoms with van der Waals surface area (Å²) in [5, 5.41) is 7.22. The van der Waals surface area contributed by atoms with E-state index in [0.717, 1.165) is 49.6 Å². The minimum atomic E-state index is 0.112. The van der Waals surface area contributed by atoms with Crippen LogP contribution in [0.1, 0.15) is 75.2 Å². The Morgan fingerprint density at radius 1 is 1.15 bits per heavy atom. The molecule has 142 valence electrons. The van der Waals surface area contributed by atoms with E-state index in [-0.39, 0.29) is 17.9 Å². The molecule has 1 aromatic heterocycles. The van der Waals surface area contributed by atoms with Gasteiger partial charge in [-0.3, -0.25) is 9.59 Å². The lowest BCUT2D eigenvalue weighted by Crippen LogP contribution is -2.37. The van der Waals surface area contributed by atoms with Gasteiger partial charge in [-0.1, -0.05) is 18.0 Å². The molecule has 0 aromatic carbocycles. The Balaban J connectivity index is 1.21. The van der Waals surface area contributed by atoms with Crippen LogP contribution < -0.4 is 5.32 Å². The molecule has 4 rings (SSSR count). The van der Waals surface area contributed by atoms with Crippen LogP contribution in [0.15, 0.2) is 10.6 Å². The molecule has 1 N–H and O–H groups in total. The number of carbonyl (C=O) groups excluding carboxylic acids is 2. The summed E-state index contributed by atoms with van der Waals surface area (Å²) in [5.41, 5.74) is 0.742. The molecule has 26 heavy (non-hydrogen) atoms. The van der Waals surface area contributed by atoms with Gasteiger partial charge in [-0.15, -0.1) is 0 Å². The van der Waals surface area contributed by atoms with Crippen LogP contribution in [0.25, 0.3) is 0 Å². The molecule has 2 aliphatic carbocycles. The van der Waals surface area contributed by atoms with Crippen molar-refractivity contribution < 1.29 is 14.1 Å². The van der Waals surface area contributed by atoms with E-state index in [0.29, 0.717) is 25.3 Å². The standard InChI is InChI=1S/C20H29N3O3/c24-19(8-5-14-3-4-14)21-16-2-1-10-23(11-9-16)20(25)13-17-12-18(26-22-17)15-6-7-15/h12,14-16H,1-11,13H2,(H,21,24). The highest BCUT2D eigenvalue weighted by Gasteiger charge is 2.29. The van der Waals surface area contributed by atoms with Crippen LogP contribution >= 0.6 is 0 Å². The number of rotatable bonds is 7. The molecule has 1 aliphatic heterocycles. The van der Waals surface area contributed by atoms with Crippen molar-refractivity contribution in [1.82, 2.24) is 15.4 Å². The third-order valence-corrected chi connectivity index (χ3v) is 5.81. The zero-order chi connectivity index (χ0) is 17.9. The Labute approximate surface area is 154 Å². The molecule has 1 unspecified atom stereocenters. The van der Waals surface area contributed by atoms with Crippen LogP contribution in [-0.2, 0) is 16.0 Å². The van der Waals surface area contributed by atoms with Crippen molar-refractivity contribution in [2.75, 3.05) is 13.1 Å². The maximum Gasteiger partial charge on any atom is 0.228 e. The van der Waals surface area contributed by atoms with Crippen LogP contribution in [-0.4, -0.2) is 41.0 Å². The number of nitrogens with one attached hydrogen (secondary N) is 1. The second-order valence-electron chi connectivity index (χ2n) is 8.23. The third-order valence-electron chi connectivity index (χ3n) is 5.81. The van der Waals surface area contributed by atoms with E-state index in [4.69, 9.17) is 4.52 Å². The van der Waals surface area contributed by atoms with Crippen molar-refractivity contribution in [3.05, 3.63) is 17.5 Å². The Bertz CT molecular complexity index is 648. The summed E-state index contributed by atoms with van der Waals surface area (Å²) in [7, 11) is 0. The van der Waals surface area contributed by atoms with Gasteiger partial charge in [0, 0.05) is 37.5 Å². The Morgan fingerprint density at radius 2 is 2.00 bits per heavy atom. The lowest BCUT2D eigenvalue weighted by Gasteiger charge is -2.20. The molecule has 0 bridgehead atoms. The molecule has 6 heteroatoms. The molecule has 3 aliphatic rings. The average Bonchev–Trinajstić information content (AvgIpc) is 3.53. The fourth-order valence-electron chi connectivity index (χ4n) is 3.77. The average molecular weight is 359 g/mol. The molecular formula is C20H29N3O3. The molecule has 3 fully saturated rings. The number of aromatic nitrogens is 1. The largest absolute Gasteiger partial charge is 0.361 e. The van der Waals surface area contributed by atoms with Crippen LogP contribution in [0.4, 0.5) is 0 Å². The maximum atomic E-state index is 12.6. The summed E-state index contributed by atoms with van der Waals surface area (Å²) in [6.07, 6.45) is 9.65. The first kappa shape index (κ1) is 17.6. The second-order valence-corrected chi connectivity index (χ2v) is 8.23. The van der Waals surface area contributed by atoms with Gasteiger partial charge in [0.1, 0.15) is 5.76 Å². The molecule has 6 nitrogen and oxygen atoms in total. The summed E-state index contributed by atoms with van der Waals surface area (Å²) in [6.45, 7) is 1.47. The minimum Gasteiger partial charge on any atom is -0.361 e. The first-order valence-corrected chi connectivity index (χ1v) is 10.2. The van der Waals surface area contributed by atoms with Gasteiger partial charge in [0.05, 0.1) is 12.1 Å². The first-order chi connectivity index (χ1) is 12.7. The summed E-state index contributed by atoms with van der Waals surface area (Å²) < 4.78 is 5.34. The smallest absolute Gasteiger partial charge is 0.228 e. The van der Waals surface area contributed by atoms with Gasteiger partial charge in [-0.2, -0.15) is 0 Å². The van der Waals surface area contributed by atoms with Gasteiger partial charge >= 0.3 is 0 Å². The number of hydrogen-bond donors (Lipinski definition) is 1. The maximum absolute atomic E-state index is 12.6. The molecule has 0 radical (unpaired) electrons. The summed E-state index contributed by atoms with van der Waals surface area (Å²) in [6, 6.07) is 2.14. The van der Waals surface area contributed by atoms with Crippen LogP contribution in [0, 0.1) is 5.92 Å². The minimum absolute atomic E-state index is 0.112. The van der Waals surface area contributed by atoms with Gasteiger partial charge in [0.15, 0.2) is 0 Å². The van der Waals surface area contributed by atoms with E-state index >= 15 is 0 Å². The lowest BCUT2D eigenvalue weighted by molar-refractivity contribution is -0.130. The van der Waals surface area contributed by atoms with E-state index in [1.54, 1.807) is 0 Å². The monoisotopic (exact) mass is 359 g/mol. The lowest BCUT2D eigenvalue weighted by atomic mass is 10.1. The molecule has 2 amide bonds. The number of nitrogens with zero attached hydrogens (tertiary/aromatic N) is 2. The Morgan fingerprint density at radius 3 is 2.77 bits per heavy atom. The van der Waals surface area contributed by atoms with Crippen molar-refractivity contribution in [2.45, 2.75) is 76.2 Å². The normalized spacial score (nSPS) is 23.5. The third kappa shape index (κ3) is 4.86. The molecule has 2 saturated carbocycles. The number of carbonyl (C=O) groups is 2. The van der Waals surface area contributed by atoms with Gasteiger partial charge in [-0.05, 0) is 44.4 Å². The number of amides is 2. The van der Waals surface area contributed by atoms with Crippen molar-refractivity contribution in [1.29, 1.82) is 0 Å². The van der Waals surface area contributed by atoms with E-state index in [1.165, 1.54) is 25.7 Å². The molecule has 1 aromatic rings. The van der Waals surface area contributed by atoms with Crippen LogP contribution in [0.5, 0.6) is 0 Å². The van der Waals surface area contributed by atoms with Crippen molar-refractivity contribution in [2.24, 2.45) is 5.92 Å². The zero-order valence-corrected chi connectivity index (χ0v) is 15.4. The molecular weight excluding hydrogens is 330 g/mol. The predicted molar refractivity (Wildman–Crippen MR) is 96.5 cm³/mol. The first-order valence-electron chi connectivity index (χ1n) is 10.2. The van der Waals surface area contributed by atoms with E-state index in [1.807, 2.05) is 11.0 Å². The molecule has 0 spiro atoms. The summed E-state index contributed by atoms with van der Waals surface area (Å²) in [4.78, 5) is 26.6. The topological polar surface area (TPSA) is 75.4 Å². The van der Waals surface area contributed by atoms with Crippen molar-refractivity contribution >= 4 is 11.8 Å². The van der Waals surface area contributed by atoms with Crippen LogP contribution in [0.2, 0.25) is 0 Å². The SMILES string of the molecule is O=C(CCC1CC1)NC1CCCN(C(=O)Cc2cc(C3CC3)on2)CC1. The molecule has 1 atom stereocenters. The van der Waals surface area contributed by atoms with Crippen molar-refractivity contribution in [3.8, 4) is 0 Å². The summed E-state index contributed by atoms with van der Waals surface area (Å²) >= 11 is 0. The highest BCUT2D eigenvalue weighted by molar-refractivity contribution is 5.78. The Hall–Kier alpha value is -1.85. The number of hydrogen-bond acceptors (Lipinski definition) is 4. The highest BCUT2D eigenvalue weighted by atomic mass is 16.5. The van der Waals surface area contributed by atoms with Gasteiger partial charge < -0.3 is 14.7 Å². The zero-order valence-electron chi connectivity index (χ0n) is 15.4. The number of likely N-dealkylation sites (tertiary alicyclic amines) is 1. The summed E-state index contributed by atoms with van der Waals surface area (Å²) in [5.74, 6) is 2.53. The van der Waals surface area contributed by atoms with Crippen LogP contribution in [0.3, 0.4) is 0 Å². The van der Waals surface area contributed by atoms with Crippen molar-refractivity contribution in [3.63, 3.8) is 0 Å². The predicted octanol–water partition coefficient (Wildman–Crippen LogP) is 2.78. The Kier molecular flexibility index (Phi) is 5.27. The fraction of sp³-hybridized carbons (Fsp3) is 0.750. The van der Waals surface area contributed by atoms with E-state index < -0.39 is 0 Å². The molecule has 2 heterocycles. The van der Waals surface area contributed by atoms with Gasteiger partial charge in [0.2, 0.25) is 11.8 Å². The quantitative estimate of drug-likeness (QED) is 0.812.